The lowest BCUT2D eigenvalue weighted by molar-refractivity contribution is -0.139. The molecule has 2 aromatic carbocycles. The molecule has 0 aliphatic carbocycles. The predicted molar refractivity (Wildman–Crippen MR) is 114 cm³/mol. The number of nitrogens with zero attached hydrogens (tertiary/aromatic N) is 1. The van der Waals surface area contributed by atoms with E-state index in [2.05, 4.69) is 25.1 Å². The van der Waals surface area contributed by atoms with Crippen LogP contribution in [0.4, 0.5) is 5.69 Å². The molecule has 1 aliphatic rings. The van der Waals surface area contributed by atoms with Gasteiger partial charge in [-0.05, 0) is 75.6 Å². The number of nitrogens with one attached hydrogen (secondary N) is 1. The molecule has 1 N–H and O–H groups in total. The minimum atomic E-state index is -0.238. The Morgan fingerprint density at radius 2 is 1.83 bits per heavy atom. The zero-order valence-electron chi connectivity index (χ0n) is 16.9. The van der Waals surface area contributed by atoms with E-state index in [-0.39, 0.29) is 30.5 Å². The summed E-state index contributed by atoms with van der Waals surface area (Å²) in [6.45, 7) is 4.17. The first-order chi connectivity index (χ1) is 14.0. The Morgan fingerprint density at radius 1 is 1.14 bits per heavy atom. The molecule has 1 aliphatic heterocycles. The molecule has 3 rings (SSSR count). The van der Waals surface area contributed by atoms with Gasteiger partial charge in [-0.1, -0.05) is 12.0 Å². The Balaban J connectivity index is 1.56. The van der Waals surface area contributed by atoms with Gasteiger partial charge in [-0.2, -0.15) is 0 Å². The van der Waals surface area contributed by atoms with Crippen LogP contribution >= 0.6 is 0 Å². The molecule has 2 aromatic rings. The molecular formula is C24H26N2O3. The topological polar surface area (TPSA) is 58.6 Å². The SMILES string of the molecule is C#Cc1cccc(NC(=O)c2ccc(OCC(=O)N3C(C)CCCC3C)cc2)c1. The van der Waals surface area contributed by atoms with Crippen molar-refractivity contribution in [1.82, 2.24) is 4.90 Å². The first kappa shape index (κ1) is 20.5. The number of piperidine rings is 1. The van der Waals surface area contributed by atoms with E-state index in [0.717, 1.165) is 19.3 Å². The van der Waals surface area contributed by atoms with Crippen LogP contribution in [0.1, 0.15) is 49.0 Å². The molecule has 29 heavy (non-hydrogen) atoms. The van der Waals surface area contributed by atoms with Gasteiger partial charge < -0.3 is 15.0 Å². The van der Waals surface area contributed by atoms with Crippen LogP contribution in [-0.2, 0) is 4.79 Å². The third-order valence-corrected chi connectivity index (χ3v) is 5.25. The summed E-state index contributed by atoms with van der Waals surface area (Å²) in [4.78, 5) is 26.9. The molecule has 0 bridgehead atoms. The first-order valence-electron chi connectivity index (χ1n) is 9.90. The smallest absolute Gasteiger partial charge is 0.260 e. The lowest BCUT2D eigenvalue weighted by atomic mass is 9.97. The second-order valence-corrected chi connectivity index (χ2v) is 7.42. The van der Waals surface area contributed by atoms with E-state index in [1.54, 1.807) is 48.5 Å². The highest BCUT2D eigenvalue weighted by Gasteiger charge is 2.28. The number of carbonyl (C=O) groups is 2. The zero-order chi connectivity index (χ0) is 20.8. The summed E-state index contributed by atoms with van der Waals surface area (Å²) < 4.78 is 5.66. The molecule has 1 heterocycles. The minimum absolute atomic E-state index is 0.0000791. The van der Waals surface area contributed by atoms with Crippen molar-refractivity contribution in [2.24, 2.45) is 0 Å². The van der Waals surface area contributed by atoms with Crippen molar-refractivity contribution in [3.8, 4) is 18.1 Å². The molecule has 2 atom stereocenters. The van der Waals surface area contributed by atoms with E-state index in [4.69, 9.17) is 11.2 Å². The molecule has 5 nitrogen and oxygen atoms in total. The zero-order valence-corrected chi connectivity index (χ0v) is 16.9. The van der Waals surface area contributed by atoms with E-state index in [1.807, 2.05) is 4.90 Å². The van der Waals surface area contributed by atoms with Crippen LogP contribution < -0.4 is 10.1 Å². The van der Waals surface area contributed by atoms with E-state index >= 15 is 0 Å². The number of hydrogen-bond acceptors (Lipinski definition) is 3. The fraction of sp³-hybridized carbons (Fsp3) is 0.333. The number of rotatable bonds is 5. The van der Waals surface area contributed by atoms with Crippen molar-refractivity contribution in [3.05, 3.63) is 59.7 Å². The average Bonchev–Trinajstić information content (AvgIpc) is 2.72. The number of terminal acetylenes is 1. The Labute approximate surface area is 172 Å². The summed E-state index contributed by atoms with van der Waals surface area (Å²) in [5.41, 5.74) is 1.84. The molecule has 150 valence electrons. The van der Waals surface area contributed by atoms with E-state index < -0.39 is 0 Å². The Bertz CT molecular complexity index is 904. The predicted octanol–water partition coefficient (Wildman–Crippen LogP) is 4.09. The van der Waals surface area contributed by atoms with Gasteiger partial charge in [0.25, 0.3) is 11.8 Å². The van der Waals surface area contributed by atoms with Crippen molar-refractivity contribution in [2.45, 2.75) is 45.2 Å². The number of benzene rings is 2. The van der Waals surface area contributed by atoms with E-state index in [9.17, 15) is 9.59 Å². The van der Waals surface area contributed by atoms with E-state index in [1.165, 1.54) is 0 Å². The summed E-state index contributed by atoms with van der Waals surface area (Å²) >= 11 is 0. The lowest BCUT2D eigenvalue weighted by Gasteiger charge is -2.38. The molecule has 1 fully saturated rings. The first-order valence-corrected chi connectivity index (χ1v) is 9.90. The Hall–Kier alpha value is -3.26. The third-order valence-electron chi connectivity index (χ3n) is 5.25. The highest BCUT2D eigenvalue weighted by atomic mass is 16.5. The number of amides is 2. The number of hydrogen-bond donors (Lipinski definition) is 1. The fourth-order valence-corrected chi connectivity index (χ4v) is 3.73. The monoisotopic (exact) mass is 390 g/mol. The highest BCUT2D eigenvalue weighted by Crippen LogP contribution is 2.23. The van der Waals surface area contributed by atoms with Crippen LogP contribution in [0.25, 0.3) is 0 Å². The maximum absolute atomic E-state index is 12.5. The van der Waals surface area contributed by atoms with Gasteiger partial charge in [0, 0.05) is 28.9 Å². The van der Waals surface area contributed by atoms with Gasteiger partial charge in [-0.15, -0.1) is 6.42 Å². The van der Waals surface area contributed by atoms with Gasteiger partial charge in [0.15, 0.2) is 6.61 Å². The summed E-state index contributed by atoms with van der Waals surface area (Å²) in [5.74, 6) is 2.86. The molecule has 0 aromatic heterocycles. The van der Waals surface area contributed by atoms with Gasteiger partial charge >= 0.3 is 0 Å². The van der Waals surface area contributed by atoms with Crippen LogP contribution in [0.5, 0.6) is 5.75 Å². The Kier molecular flexibility index (Phi) is 6.56. The van der Waals surface area contributed by atoms with Gasteiger partial charge in [0.05, 0.1) is 0 Å². The standard InChI is InChI=1S/C24H26N2O3/c1-4-19-9-6-10-21(15-19)25-24(28)20-11-13-22(14-12-20)29-16-23(27)26-17(2)7-5-8-18(26)3/h1,6,9-15,17-18H,5,7-8,16H2,2-3H3,(H,25,28). The number of likely N-dealkylation sites (tertiary alicyclic amines) is 1. The molecule has 5 heteroatoms. The van der Waals surface area contributed by atoms with Gasteiger partial charge in [0.1, 0.15) is 5.75 Å². The summed E-state index contributed by atoms with van der Waals surface area (Å²) in [7, 11) is 0. The maximum atomic E-state index is 12.5. The van der Waals surface area contributed by atoms with Crippen LogP contribution in [0.3, 0.4) is 0 Å². The van der Waals surface area contributed by atoms with Crippen LogP contribution in [0.15, 0.2) is 48.5 Å². The fourth-order valence-electron chi connectivity index (χ4n) is 3.73. The highest BCUT2D eigenvalue weighted by molar-refractivity contribution is 6.04. The van der Waals surface area contributed by atoms with Crippen LogP contribution in [0.2, 0.25) is 0 Å². The van der Waals surface area contributed by atoms with Crippen LogP contribution in [0, 0.1) is 12.3 Å². The normalized spacial score (nSPS) is 18.6. The maximum Gasteiger partial charge on any atom is 0.260 e. The lowest BCUT2D eigenvalue weighted by Crippen LogP contribution is -2.49. The molecule has 0 saturated carbocycles. The van der Waals surface area contributed by atoms with Crippen molar-refractivity contribution in [2.75, 3.05) is 11.9 Å². The second-order valence-electron chi connectivity index (χ2n) is 7.42. The minimum Gasteiger partial charge on any atom is -0.484 e. The van der Waals surface area contributed by atoms with Crippen molar-refractivity contribution >= 4 is 17.5 Å². The summed E-state index contributed by atoms with van der Waals surface area (Å²) in [5, 5.41) is 2.82. The number of ether oxygens (including phenoxy) is 1. The molecule has 0 spiro atoms. The quantitative estimate of drug-likeness (QED) is 0.783. The third kappa shape index (κ3) is 5.17. The molecule has 2 unspecified atom stereocenters. The van der Waals surface area contributed by atoms with Gasteiger partial charge in [-0.3, -0.25) is 9.59 Å². The molecule has 2 amide bonds. The second kappa shape index (κ2) is 9.29. The molecule has 1 saturated heterocycles. The molecular weight excluding hydrogens is 364 g/mol. The van der Waals surface area contributed by atoms with Gasteiger partial charge in [-0.25, -0.2) is 0 Å². The van der Waals surface area contributed by atoms with E-state index in [0.29, 0.717) is 22.6 Å². The van der Waals surface area contributed by atoms with Crippen molar-refractivity contribution in [3.63, 3.8) is 0 Å². The van der Waals surface area contributed by atoms with Crippen LogP contribution in [-0.4, -0.2) is 35.4 Å². The number of carbonyl (C=O) groups excluding carboxylic acids is 2. The summed E-state index contributed by atoms with van der Waals surface area (Å²) in [6, 6.07) is 14.3. The van der Waals surface area contributed by atoms with Crippen molar-refractivity contribution in [1.29, 1.82) is 0 Å². The Morgan fingerprint density at radius 3 is 2.48 bits per heavy atom. The van der Waals surface area contributed by atoms with Gasteiger partial charge in [0.2, 0.25) is 0 Å². The largest absolute Gasteiger partial charge is 0.484 e. The summed E-state index contributed by atoms with van der Waals surface area (Å²) in [6.07, 6.45) is 8.61. The average molecular weight is 390 g/mol. The molecule has 0 radical (unpaired) electrons. The van der Waals surface area contributed by atoms with Crippen molar-refractivity contribution < 1.29 is 14.3 Å². The number of anilines is 1.